The number of hydrogen-bond donors (Lipinski definition) is 2. The van der Waals surface area contributed by atoms with Crippen molar-refractivity contribution >= 4 is 28.9 Å². The molecule has 136 valence electrons. The molecule has 1 amide bonds. The minimum atomic E-state index is -0.479. The number of carbonyl (C=O) groups is 2. The topological polar surface area (TPSA) is 111 Å². The van der Waals surface area contributed by atoms with Crippen molar-refractivity contribution in [3.05, 3.63) is 64.2 Å². The number of nitrogens with one attached hydrogen (secondary N) is 2. The molecule has 26 heavy (non-hydrogen) atoms. The van der Waals surface area contributed by atoms with Crippen LogP contribution in [0.15, 0.2) is 48.5 Å². The molecule has 2 rings (SSSR count). The van der Waals surface area contributed by atoms with Gasteiger partial charge in [-0.1, -0.05) is 12.1 Å². The lowest BCUT2D eigenvalue weighted by atomic mass is 10.2. The number of hydrogen-bond acceptors (Lipinski definition) is 6. The fourth-order valence-corrected chi connectivity index (χ4v) is 2.22. The number of ether oxygens (including phenoxy) is 1. The van der Waals surface area contributed by atoms with Crippen LogP contribution in [0.3, 0.4) is 0 Å². The third kappa shape index (κ3) is 5.30. The van der Waals surface area contributed by atoms with Crippen molar-refractivity contribution in [3.8, 4) is 0 Å². The van der Waals surface area contributed by atoms with Gasteiger partial charge in [0.1, 0.15) is 5.69 Å². The van der Waals surface area contributed by atoms with Gasteiger partial charge in [0.2, 0.25) is 5.91 Å². The predicted octanol–water partition coefficient (Wildman–Crippen LogP) is 3.21. The Morgan fingerprint density at radius 2 is 1.81 bits per heavy atom. The molecule has 0 saturated heterocycles. The molecule has 0 saturated carbocycles. The fourth-order valence-electron chi connectivity index (χ4n) is 2.22. The third-order valence-electron chi connectivity index (χ3n) is 3.45. The van der Waals surface area contributed by atoms with Gasteiger partial charge in [-0.3, -0.25) is 14.9 Å². The highest BCUT2D eigenvalue weighted by Crippen LogP contribution is 2.22. The van der Waals surface area contributed by atoms with E-state index in [1.165, 1.54) is 6.07 Å². The summed E-state index contributed by atoms with van der Waals surface area (Å²) in [6.07, 6.45) is 0.131. The van der Waals surface area contributed by atoms with Crippen molar-refractivity contribution in [2.24, 2.45) is 0 Å². The van der Waals surface area contributed by atoms with Crippen molar-refractivity contribution in [1.82, 2.24) is 0 Å². The number of rotatable bonds is 8. The number of benzene rings is 2. The summed E-state index contributed by atoms with van der Waals surface area (Å²) in [4.78, 5) is 34.0. The van der Waals surface area contributed by atoms with E-state index in [0.717, 1.165) is 0 Å². The summed E-state index contributed by atoms with van der Waals surface area (Å²) in [5.74, 6) is -0.668. The highest BCUT2D eigenvalue weighted by Gasteiger charge is 2.12. The van der Waals surface area contributed by atoms with E-state index < -0.39 is 10.9 Å². The Balaban J connectivity index is 1.84. The third-order valence-corrected chi connectivity index (χ3v) is 3.45. The summed E-state index contributed by atoms with van der Waals surface area (Å²) in [5, 5.41) is 16.5. The van der Waals surface area contributed by atoms with Gasteiger partial charge in [-0.05, 0) is 37.3 Å². The van der Waals surface area contributed by atoms with Gasteiger partial charge >= 0.3 is 5.97 Å². The first kappa shape index (κ1) is 18.9. The summed E-state index contributed by atoms with van der Waals surface area (Å²) in [6.45, 7) is 2.27. The first-order valence-electron chi connectivity index (χ1n) is 8.05. The molecule has 0 bridgehead atoms. The minimum Gasteiger partial charge on any atom is -0.462 e. The number of nitro benzene ring substituents is 1. The molecule has 0 aliphatic rings. The molecule has 0 heterocycles. The second-order valence-electron chi connectivity index (χ2n) is 5.30. The Labute approximate surface area is 150 Å². The smallest absolute Gasteiger partial charge is 0.338 e. The lowest BCUT2D eigenvalue weighted by Gasteiger charge is -2.08. The lowest BCUT2D eigenvalue weighted by Crippen LogP contribution is -2.16. The van der Waals surface area contributed by atoms with Crippen LogP contribution in [0.1, 0.15) is 23.7 Å². The molecular weight excluding hydrogens is 338 g/mol. The molecular formula is C18H19N3O5. The van der Waals surface area contributed by atoms with Gasteiger partial charge in [-0.2, -0.15) is 0 Å². The quantitative estimate of drug-likeness (QED) is 0.426. The molecule has 2 aromatic carbocycles. The summed E-state index contributed by atoms with van der Waals surface area (Å²) < 4.78 is 4.89. The zero-order valence-corrected chi connectivity index (χ0v) is 14.2. The lowest BCUT2D eigenvalue weighted by molar-refractivity contribution is -0.384. The van der Waals surface area contributed by atoms with Crippen molar-refractivity contribution < 1.29 is 19.2 Å². The van der Waals surface area contributed by atoms with Crippen LogP contribution in [0.5, 0.6) is 0 Å². The molecule has 0 aliphatic carbocycles. The molecule has 0 radical (unpaired) electrons. The van der Waals surface area contributed by atoms with E-state index in [1.807, 2.05) is 0 Å². The Morgan fingerprint density at radius 3 is 2.46 bits per heavy atom. The number of nitrogens with zero attached hydrogens (tertiary/aromatic N) is 1. The van der Waals surface area contributed by atoms with E-state index in [-0.39, 0.29) is 24.6 Å². The van der Waals surface area contributed by atoms with E-state index in [0.29, 0.717) is 23.5 Å². The monoisotopic (exact) mass is 357 g/mol. The van der Waals surface area contributed by atoms with E-state index in [1.54, 1.807) is 49.4 Å². The Bertz CT molecular complexity index is 790. The van der Waals surface area contributed by atoms with Gasteiger partial charge in [-0.15, -0.1) is 0 Å². The van der Waals surface area contributed by atoms with Crippen LogP contribution in [0.25, 0.3) is 0 Å². The minimum absolute atomic E-state index is 0.0394. The second kappa shape index (κ2) is 9.16. The fraction of sp³-hybridized carbons (Fsp3) is 0.222. The van der Waals surface area contributed by atoms with Crippen LogP contribution >= 0.6 is 0 Å². The zero-order valence-electron chi connectivity index (χ0n) is 14.2. The molecule has 0 atom stereocenters. The maximum Gasteiger partial charge on any atom is 0.338 e. The Hall–Kier alpha value is -3.42. The van der Waals surface area contributed by atoms with Crippen LogP contribution in [-0.2, 0) is 9.53 Å². The van der Waals surface area contributed by atoms with Gasteiger partial charge < -0.3 is 15.4 Å². The number of esters is 1. The van der Waals surface area contributed by atoms with Crippen LogP contribution in [-0.4, -0.2) is 30.0 Å². The number of nitro groups is 1. The first-order valence-corrected chi connectivity index (χ1v) is 8.05. The Kier molecular flexibility index (Phi) is 6.67. The standard InChI is InChI=1S/C18H19N3O5/c1-2-26-18(23)13-7-9-14(10-8-13)20-17(22)11-12-19-15-5-3-4-6-16(15)21(24)25/h3-10,19H,2,11-12H2,1H3,(H,20,22). The maximum absolute atomic E-state index is 12.0. The van der Waals surface area contributed by atoms with Gasteiger partial charge in [0, 0.05) is 24.7 Å². The summed E-state index contributed by atoms with van der Waals surface area (Å²) in [5.41, 5.74) is 1.28. The molecule has 0 unspecified atom stereocenters. The highest BCUT2D eigenvalue weighted by molar-refractivity contribution is 5.93. The summed E-state index contributed by atoms with van der Waals surface area (Å²) >= 11 is 0. The maximum atomic E-state index is 12.0. The molecule has 0 aliphatic heterocycles. The molecule has 0 fully saturated rings. The molecule has 2 N–H and O–H groups in total. The van der Waals surface area contributed by atoms with Crippen LogP contribution in [0, 0.1) is 10.1 Å². The van der Waals surface area contributed by atoms with Crippen molar-refractivity contribution in [2.45, 2.75) is 13.3 Å². The average molecular weight is 357 g/mol. The number of anilines is 2. The zero-order chi connectivity index (χ0) is 18.9. The second-order valence-corrected chi connectivity index (χ2v) is 5.30. The number of para-hydroxylation sites is 2. The highest BCUT2D eigenvalue weighted by atomic mass is 16.6. The molecule has 8 heteroatoms. The van der Waals surface area contributed by atoms with Gasteiger partial charge in [0.05, 0.1) is 17.1 Å². The van der Waals surface area contributed by atoms with Gasteiger partial charge in [-0.25, -0.2) is 4.79 Å². The van der Waals surface area contributed by atoms with Gasteiger partial charge in [0.25, 0.3) is 5.69 Å². The summed E-state index contributed by atoms with van der Waals surface area (Å²) in [7, 11) is 0. The van der Waals surface area contributed by atoms with E-state index >= 15 is 0 Å². The molecule has 2 aromatic rings. The van der Waals surface area contributed by atoms with Gasteiger partial charge in [0.15, 0.2) is 0 Å². The normalized spacial score (nSPS) is 10.0. The number of amides is 1. The largest absolute Gasteiger partial charge is 0.462 e. The molecule has 0 spiro atoms. The van der Waals surface area contributed by atoms with Crippen molar-refractivity contribution in [2.75, 3.05) is 23.8 Å². The van der Waals surface area contributed by atoms with Crippen LogP contribution in [0.2, 0.25) is 0 Å². The average Bonchev–Trinajstić information content (AvgIpc) is 2.62. The van der Waals surface area contributed by atoms with E-state index in [2.05, 4.69) is 10.6 Å². The SMILES string of the molecule is CCOC(=O)c1ccc(NC(=O)CCNc2ccccc2[N+](=O)[O-])cc1. The van der Waals surface area contributed by atoms with Crippen LogP contribution in [0.4, 0.5) is 17.1 Å². The first-order chi connectivity index (χ1) is 12.5. The molecule has 8 nitrogen and oxygen atoms in total. The Morgan fingerprint density at radius 1 is 1.12 bits per heavy atom. The number of carbonyl (C=O) groups excluding carboxylic acids is 2. The molecule has 0 aromatic heterocycles. The predicted molar refractivity (Wildman–Crippen MR) is 97.2 cm³/mol. The summed E-state index contributed by atoms with van der Waals surface area (Å²) in [6, 6.07) is 12.6. The van der Waals surface area contributed by atoms with Crippen LogP contribution < -0.4 is 10.6 Å². The van der Waals surface area contributed by atoms with E-state index in [9.17, 15) is 19.7 Å². The van der Waals surface area contributed by atoms with Crippen molar-refractivity contribution in [1.29, 1.82) is 0 Å². The van der Waals surface area contributed by atoms with E-state index in [4.69, 9.17) is 4.74 Å². The van der Waals surface area contributed by atoms with Crippen molar-refractivity contribution in [3.63, 3.8) is 0 Å².